The van der Waals surface area contributed by atoms with E-state index in [0.717, 1.165) is 40.3 Å². The fourth-order valence-corrected chi connectivity index (χ4v) is 3.82. The molecule has 0 atom stereocenters. The van der Waals surface area contributed by atoms with Gasteiger partial charge in [0.15, 0.2) is 5.82 Å². The summed E-state index contributed by atoms with van der Waals surface area (Å²) in [4.78, 5) is 13.1. The van der Waals surface area contributed by atoms with Crippen molar-refractivity contribution in [3.63, 3.8) is 0 Å². The molecule has 8 heteroatoms. The van der Waals surface area contributed by atoms with Crippen molar-refractivity contribution in [3.05, 3.63) is 47.8 Å². The second kappa shape index (κ2) is 7.27. The molecule has 30 heavy (non-hydrogen) atoms. The van der Waals surface area contributed by atoms with Gasteiger partial charge in [-0.3, -0.25) is 0 Å². The van der Waals surface area contributed by atoms with E-state index in [-0.39, 0.29) is 0 Å². The lowest BCUT2D eigenvalue weighted by molar-refractivity contribution is -0.804. The summed E-state index contributed by atoms with van der Waals surface area (Å²) < 4.78 is 8.53. The first kappa shape index (κ1) is 21.5. The molecule has 0 fully saturated rings. The smallest absolute Gasteiger partial charge is 0.330 e. The summed E-state index contributed by atoms with van der Waals surface area (Å²) in [5, 5.41) is 0. The molecule has 8 nitrogen and oxygen atoms in total. The summed E-state index contributed by atoms with van der Waals surface area (Å²) in [6.45, 7) is 16.3. The molecule has 0 amide bonds. The molecule has 0 unspecified atom stereocenters. The van der Waals surface area contributed by atoms with Gasteiger partial charge in [-0.1, -0.05) is 13.2 Å². The molecular formula is C22H34N8+2. The van der Waals surface area contributed by atoms with Crippen molar-refractivity contribution >= 4 is 22.7 Å². The normalized spacial score (nSPS) is 13.7. The number of rotatable bonds is 0. The average Bonchev–Trinajstić information content (AvgIpc) is 3.18. The van der Waals surface area contributed by atoms with Crippen LogP contribution in [0.25, 0.3) is 16.9 Å². The van der Waals surface area contributed by atoms with E-state index in [1.807, 2.05) is 44.8 Å². The lowest BCUT2D eigenvalue weighted by atomic mass is 10.2. The number of hydrogen-bond acceptors (Lipinski definition) is 4. The molecule has 1 aliphatic rings. The second-order valence-corrected chi connectivity index (χ2v) is 8.01. The Hall–Kier alpha value is -3.16. The van der Waals surface area contributed by atoms with Crippen molar-refractivity contribution in [2.75, 3.05) is 19.0 Å². The van der Waals surface area contributed by atoms with E-state index >= 15 is 0 Å². The van der Waals surface area contributed by atoms with Crippen LogP contribution < -0.4 is 14.0 Å². The highest BCUT2D eigenvalue weighted by Gasteiger charge is 2.29. The third kappa shape index (κ3) is 2.98. The van der Waals surface area contributed by atoms with Crippen LogP contribution >= 0.6 is 0 Å². The lowest BCUT2D eigenvalue weighted by Gasteiger charge is -2.35. The van der Waals surface area contributed by atoms with Crippen LogP contribution in [0.2, 0.25) is 0 Å². The fraction of sp³-hybridized carbons (Fsp3) is 0.455. The monoisotopic (exact) mass is 410 g/mol. The SMILES string of the molecule is C=C1c2c(nc(C)n2C)N(C)C(=C)N1C.Cc1nc2c(c(C)[n+](C)c(C)[n+]2C)n1C. The molecule has 4 heterocycles. The number of hydrogen-bond donors (Lipinski definition) is 0. The molecule has 0 radical (unpaired) electrons. The molecule has 1 aliphatic heterocycles. The lowest BCUT2D eigenvalue weighted by Crippen LogP contribution is -2.50. The van der Waals surface area contributed by atoms with Crippen molar-refractivity contribution in [2.45, 2.75) is 27.7 Å². The van der Waals surface area contributed by atoms with E-state index in [9.17, 15) is 0 Å². The Morgan fingerprint density at radius 3 is 1.93 bits per heavy atom. The van der Waals surface area contributed by atoms with Gasteiger partial charge in [-0.15, -0.1) is 9.13 Å². The van der Waals surface area contributed by atoms with Gasteiger partial charge in [0.2, 0.25) is 11.2 Å². The Kier molecular flexibility index (Phi) is 5.22. The van der Waals surface area contributed by atoms with Crippen LogP contribution in [0.3, 0.4) is 0 Å². The standard InChI is InChI=1S/C11H18N4.C11H16N4/c2*1-7-10-11(12-8(2)14(10)5)15(6)9(3)13(7)4/h1-6H3;1,3H2,2,4-6H3/q+2;. The van der Waals surface area contributed by atoms with E-state index in [0.29, 0.717) is 0 Å². The van der Waals surface area contributed by atoms with Gasteiger partial charge < -0.3 is 18.9 Å². The number of aromatic nitrogens is 6. The van der Waals surface area contributed by atoms with E-state index in [4.69, 9.17) is 0 Å². The van der Waals surface area contributed by atoms with Gasteiger partial charge in [-0.25, -0.2) is 4.98 Å². The number of fused-ring (bicyclic) bond motifs is 2. The molecule has 0 saturated heterocycles. The molecule has 3 aromatic rings. The van der Waals surface area contributed by atoms with Crippen LogP contribution in [0.1, 0.15) is 28.9 Å². The van der Waals surface area contributed by atoms with E-state index < -0.39 is 0 Å². The maximum Gasteiger partial charge on any atom is 0.416 e. The minimum absolute atomic E-state index is 0.894. The largest absolute Gasteiger partial charge is 0.416 e. The van der Waals surface area contributed by atoms with Gasteiger partial charge in [-0.2, -0.15) is 4.98 Å². The number of aryl methyl sites for hydroxylation is 5. The van der Waals surface area contributed by atoms with Crippen LogP contribution in [0.5, 0.6) is 0 Å². The van der Waals surface area contributed by atoms with Crippen LogP contribution in [-0.4, -0.2) is 38.1 Å². The van der Waals surface area contributed by atoms with Crippen LogP contribution in [0.15, 0.2) is 19.0 Å². The Labute approximate surface area is 179 Å². The Morgan fingerprint density at radius 1 is 0.767 bits per heavy atom. The molecule has 0 saturated carbocycles. The number of nitrogens with zero attached hydrogens (tertiary/aromatic N) is 8. The Bertz CT molecular complexity index is 1190. The van der Waals surface area contributed by atoms with E-state index in [2.05, 4.69) is 76.4 Å². The second-order valence-electron chi connectivity index (χ2n) is 8.01. The highest BCUT2D eigenvalue weighted by molar-refractivity contribution is 5.76. The summed E-state index contributed by atoms with van der Waals surface area (Å²) in [6, 6.07) is 0. The first-order chi connectivity index (χ1) is 13.9. The van der Waals surface area contributed by atoms with Gasteiger partial charge in [0.25, 0.3) is 0 Å². The highest BCUT2D eigenvalue weighted by atomic mass is 15.4. The van der Waals surface area contributed by atoms with Gasteiger partial charge >= 0.3 is 11.5 Å². The van der Waals surface area contributed by atoms with Crippen LogP contribution in [0.4, 0.5) is 5.82 Å². The van der Waals surface area contributed by atoms with Gasteiger partial charge in [-0.05, 0) is 13.8 Å². The summed E-state index contributed by atoms with van der Waals surface area (Å²) >= 11 is 0. The summed E-state index contributed by atoms with van der Waals surface area (Å²) in [5.74, 6) is 5.07. The zero-order valence-corrected chi connectivity index (χ0v) is 20.0. The molecule has 0 aromatic carbocycles. The molecule has 0 bridgehead atoms. The number of anilines is 1. The predicted octanol–water partition coefficient (Wildman–Crippen LogP) is 1.70. The van der Waals surface area contributed by atoms with Gasteiger partial charge in [0.05, 0.1) is 12.6 Å². The average molecular weight is 411 g/mol. The number of imidazole rings is 2. The third-order valence-electron chi connectivity index (χ3n) is 6.51. The third-order valence-corrected chi connectivity index (χ3v) is 6.51. The molecule has 3 aromatic heterocycles. The summed E-state index contributed by atoms with van der Waals surface area (Å²) in [5.41, 5.74) is 5.52. The summed E-state index contributed by atoms with van der Waals surface area (Å²) in [6.07, 6.45) is 0. The van der Waals surface area contributed by atoms with Crippen molar-refractivity contribution in [1.82, 2.24) is 24.0 Å². The fourth-order valence-electron chi connectivity index (χ4n) is 3.82. The molecule has 4 rings (SSSR count). The Balaban J connectivity index is 0.000000171. The van der Waals surface area contributed by atoms with Crippen molar-refractivity contribution in [1.29, 1.82) is 0 Å². The zero-order valence-electron chi connectivity index (χ0n) is 20.0. The van der Waals surface area contributed by atoms with Crippen molar-refractivity contribution < 1.29 is 9.13 Å². The van der Waals surface area contributed by atoms with Crippen LogP contribution in [0, 0.1) is 27.7 Å². The molecule has 0 N–H and O–H groups in total. The Morgan fingerprint density at radius 2 is 1.33 bits per heavy atom. The maximum atomic E-state index is 4.59. The van der Waals surface area contributed by atoms with Crippen LogP contribution in [-0.2, 0) is 28.2 Å². The molecular weight excluding hydrogens is 376 g/mol. The first-order valence-electron chi connectivity index (χ1n) is 9.97. The molecule has 0 aliphatic carbocycles. The van der Waals surface area contributed by atoms with Crippen molar-refractivity contribution in [2.24, 2.45) is 28.2 Å². The van der Waals surface area contributed by atoms with E-state index in [1.54, 1.807) is 0 Å². The zero-order chi connectivity index (χ0) is 22.7. The minimum Gasteiger partial charge on any atom is -0.330 e. The van der Waals surface area contributed by atoms with Crippen molar-refractivity contribution in [3.8, 4) is 0 Å². The quantitative estimate of drug-likeness (QED) is 0.530. The topological polar surface area (TPSA) is 49.9 Å². The summed E-state index contributed by atoms with van der Waals surface area (Å²) in [7, 11) is 12.1. The minimum atomic E-state index is 0.894. The first-order valence-corrected chi connectivity index (χ1v) is 9.97. The molecule has 0 spiro atoms. The van der Waals surface area contributed by atoms with Gasteiger partial charge in [0.1, 0.15) is 37.3 Å². The maximum absolute atomic E-state index is 4.59. The predicted molar refractivity (Wildman–Crippen MR) is 120 cm³/mol. The highest BCUT2D eigenvalue weighted by Crippen LogP contribution is 2.35. The molecule has 160 valence electrons. The van der Waals surface area contributed by atoms with Gasteiger partial charge in [0, 0.05) is 35.1 Å². The van der Waals surface area contributed by atoms with E-state index in [1.165, 1.54) is 17.0 Å².